The number of aryl methyl sites for hydroxylation is 1. The fourth-order valence-electron chi connectivity index (χ4n) is 3.20. The van der Waals surface area contributed by atoms with Crippen molar-refractivity contribution in [2.24, 2.45) is 0 Å². The molecule has 2 aromatic rings. The minimum atomic E-state index is -4.82. The maximum atomic E-state index is 13.6. The van der Waals surface area contributed by atoms with Crippen LogP contribution in [0.25, 0.3) is 0 Å². The van der Waals surface area contributed by atoms with Crippen LogP contribution < -0.4 is 15.6 Å². The Labute approximate surface area is 187 Å². The summed E-state index contributed by atoms with van der Waals surface area (Å²) < 4.78 is 40.9. The first kappa shape index (κ1) is 23.4. The Balaban J connectivity index is 1.96. The number of rotatable bonds is 5. The lowest BCUT2D eigenvalue weighted by atomic mass is 10.1. The van der Waals surface area contributed by atoms with Gasteiger partial charge in [-0.05, 0) is 50.6 Å². The number of benzene rings is 1. The van der Waals surface area contributed by atoms with E-state index < -0.39 is 24.2 Å². The topological polar surface area (TPSA) is 77.6 Å². The molecule has 0 fully saturated rings. The van der Waals surface area contributed by atoms with Crippen molar-refractivity contribution in [3.05, 3.63) is 65.0 Å². The van der Waals surface area contributed by atoms with Gasteiger partial charge < -0.3 is 10.6 Å². The molecule has 170 valence electrons. The van der Waals surface area contributed by atoms with Gasteiger partial charge in [0, 0.05) is 18.4 Å². The van der Waals surface area contributed by atoms with E-state index in [2.05, 4.69) is 15.6 Å². The monoisotopic (exact) mass is 467 g/mol. The number of aromatic nitrogens is 1. The van der Waals surface area contributed by atoms with Gasteiger partial charge in [-0.2, -0.15) is 5.01 Å². The molecule has 1 aromatic heterocycles. The average Bonchev–Trinajstić information content (AvgIpc) is 3.14. The first-order valence-corrected chi connectivity index (χ1v) is 10.0. The second kappa shape index (κ2) is 9.07. The lowest BCUT2D eigenvalue weighted by molar-refractivity contribution is -0.229. The number of pyridine rings is 1. The smallest absolute Gasteiger partial charge is 0.350 e. The number of anilines is 2. The summed E-state index contributed by atoms with van der Waals surface area (Å²) in [5.74, 6) is -1.44. The van der Waals surface area contributed by atoms with E-state index in [-0.39, 0.29) is 33.1 Å². The van der Waals surface area contributed by atoms with Gasteiger partial charge in [-0.3, -0.25) is 9.59 Å². The number of hydrogen-bond donors (Lipinski definition) is 2. The summed E-state index contributed by atoms with van der Waals surface area (Å²) in [7, 11) is 0. The van der Waals surface area contributed by atoms with Crippen molar-refractivity contribution in [2.45, 2.75) is 39.2 Å². The predicted octanol–water partition coefficient (Wildman–Crippen LogP) is 4.26. The molecule has 2 heterocycles. The van der Waals surface area contributed by atoms with Crippen molar-refractivity contribution in [3.63, 3.8) is 0 Å². The molecule has 1 aromatic carbocycles. The van der Waals surface area contributed by atoms with Crippen molar-refractivity contribution in [1.29, 1.82) is 0 Å². The normalized spacial score (nSPS) is 15.9. The van der Waals surface area contributed by atoms with Crippen LogP contribution >= 0.6 is 11.6 Å². The average molecular weight is 468 g/mol. The molecule has 1 unspecified atom stereocenters. The maximum Gasteiger partial charge on any atom is 0.502 e. The van der Waals surface area contributed by atoms with Crippen LogP contribution in [-0.2, 0) is 4.79 Å². The zero-order chi connectivity index (χ0) is 23.6. The van der Waals surface area contributed by atoms with Crippen LogP contribution in [0, 0.1) is 6.92 Å². The van der Waals surface area contributed by atoms with E-state index in [4.69, 9.17) is 11.6 Å². The van der Waals surface area contributed by atoms with Crippen LogP contribution in [0.2, 0.25) is 5.02 Å². The van der Waals surface area contributed by atoms with Crippen molar-refractivity contribution >= 4 is 34.9 Å². The molecule has 7 nitrogen and oxygen atoms in total. The fourth-order valence-corrected chi connectivity index (χ4v) is 3.40. The van der Waals surface area contributed by atoms with Gasteiger partial charge in [0.05, 0.1) is 16.3 Å². The number of hydrogen-bond acceptors (Lipinski definition) is 5. The molecule has 1 atom stereocenters. The molecular formula is C21H21ClF3N5O2. The zero-order valence-electron chi connectivity index (χ0n) is 17.4. The lowest BCUT2D eigenvalue weighted by Gasteiger charge is -2.35. The van der Waals surface area contributed by atoms with Gasteiger partial charge in [-0.25, -0.2) is 9.99 Å². The number of para-hydroxylation sites is 1. The summed E-state index contributed by atoms with van der Waals surface area (Å²) in [6.45, 7) is 5.26. The third kappa shape index (κ3) is 4.80. The maximum absolute atomic E-state index is 13.6. The summed E-state index contributed by atoms with van der Waals surface area (Å²) in [6, 6.07) is 6.15. The SMILES string of the molecule is Cc1cccc(C(=O)NC(C)C)c1NC(=O)C1C=CN(C(F)(F)F)N1c1ncccc1Cl. The molecule has 1 aliphatic rings. The van der Waals surface area contributed by atoms with E-state index in [0.29, 0.717) is 10.6 Å². The lowest BCUT2D eigenvalue weighted by Crippen LogP contribution is -2.52. The minimum Gasteiger partial charge on any atom is -0.350 e. The van der Waals surface area contributed by atoms with Crippen molar-refractivity contribution in [3.8, 4) is 0 Å². The van der Waals surface area contributed by atoms with E-state index in [0.717, 1.165) is 12.3 Å². The molecule has 0 saturated heterocycles. The number of halogens is 4. The quantitative estimate of drug-likeness (QED) is 0.642. The molecular weight excluding hydrogens is 447 g/mol. The second-order valence-corrected chi connectivity index (χ2v) is 7.77. The Kier molecular flexibility index (Phi) is 6.63. The standard InChI is InChI=1S/C21H21ClF3N5O2/c1-12(2)27-19(31)14-7-4-6-13(3)17(14)28-20(32)16-9-11-29(21(23,24)25)30(16)18-15(22)8-5-10-26-18/h4-12,16H,1-3H3,(H,27,31)(H,28,32). The summed E-state index contributed by atoms with van der Waals surface area (Å²) in [5.41, 5.74) is 0.984. The number of hydrazine groups is 1. The van der Waals surface area contributed by atoms with Crippen LogP contribution in [0.5, 0.6) is 0 Å². The Morgan fingerprint density at radius 3 is 2.53 bits per heavy atom. The van der Waals surface area contributed by atoms with E-state index in [1.165, 1.54) is 24.4 Å². The van der Waals surface area contributed by atoms with Crippen LogP contribution in [0.4, 0.5) is 24.7 Å². The molecule has 0 radical (unpaired) electrons. The van der Waals surface area contributed by atoms with E-state index in [1.807, 2.05) is 0 Å². The van der Waals surface area contributed by atoms with E-state index in [9.17, 15) is 22.8 Å². The van der Waals surface area contributed by atoms with Crippen LogP contribution in [0.1, 0.15) is 29.8 Å². The first-order chi connectivity index (χ1) is 15.0. The molecule has 0 bridgehead atoms. The van der Waals surface area contributed by atoms with Crippen LogP contribution in [0.15, 0.2) is 48.8 Å². The molecule has 2 N–H and O–H groups in total. The van der Waals surface area contributed by atoms with Gasteiger partial charge in [-0.15, -0.1) is 13.2 Å². The van der Waals surface area contributed by atoms with Crippen LogP contribution in [0.3, 0.4) is 0 Å². The van der Waals surface area contributed by atoms with Gasteiger partial charge in [0.25, 0.3) is 11.8 Å². The zero-order valence-corrected chi connectivity index (χ0v) is 18.2. The van der Waals surface area contributed by atoms with Gasteiger partial charge >= 0.3 is 6.30 Å². The van der Waals surface area contributed by atoms with Crippen molar-refractivity contribution in [2.75, 3.05) is 10.3 Å². The van der Waals surface area contributed by atoms with Gasteiger partial charge in [0.2, 0.25) is 0 Å². The third-order valence-electron chi connectivity index (χ3n) is 4.58. The summed E-state index contributed by atoms with van der Waals surface area (Å²) >= 11 is 6.08. The molecule has 32 heavy (non-hydrogen) atoms. The summed E-state index contributed by atoms with van der Waals surface area (Å²) in [4.78, 5) is 29.6. The van der Waals surface area contributed by atoms with Crippen LogP contribution in [-0.4, -0.2) is 40.2 Å². The molecule has 11 heteroatoms. The second-order valence-electron chi connectivity index (χ2n) is 7.37. The summed E-state index contributed by atoms with van der Waals surface area (Å²) in [5, 5.41) is 5.89. The Hall–Kier alpha value is -3.27. The number of carbonyl (C=O) groups excluding carboxylic acids is 2. The molecule has 1 aliphatic heterocycles. The van der Waals surface area contributed by atoms with E-state index in [1.54, 1.807) is 32.9 Å². The predicted molar refractivity (Wildman–Crippen MR) is 115 cm³/mol. The fraction of sp³-hybridized carbons (Fsp3) is 0.286. The Morgan fingerprint density at radius 1 is 1.19 bits per heavy atom. The van der Waals surface area contributed by atoms with E-state index >= 15 is 0 Å². The number of amides is 2. The first-order valence-electron chi connectivity index (χ1n) is 9.66. The highest BCUT2D eigenvalue weighted by molar-refractivity contribution is 6.33. The molecule has 3 rings (SSSR count). The Morgan fingerprint density at radius 2 is 1.91 bits per heavy atom. The number of nitrogens with one attached hydrogen (secondary N) is 2. The minimum absolute atomic E-state index is 0.0591. The highest BCUT2D eigenvalue weighted by Crippen LogP contribution is 2.36. The number of alkyl halides is 3. The highest BCUT2D eigenvalue weighted by atomic mass is 35.5. The van der Waals surface area contributed by atoms with Gasteiger partial charge in [-0.1, -0.05) is 23.7 Å². The van der Waals surface area contributed by atoms with Gasteiger partial charge in [0.15, 0.2) is 11.9 Å². The number of carbonyl (C=O) groups is 2. The molecule has 0 spiro atoms. The number of nitrogens with zero attached hydrogens (tertiary/aromatic N) is 3. The van der Waals surface area contributed by atoms with Crippen molar-refractivity contribution < 1.29 is 22.8 Å². The molecule has 0 aliphatic carbocycles. The summed E-state index contributed by atoms with van der Waals surface area (Å²) in [6.07, 6.45) is -1.73. The largest absolute Gasteiger partial charge is 0.502 e. The van der Waals surface area contributed by atoms with Gasteiger partial charge in [0.1, 0.15) is 0 Å². The third-order valence-corrected chi connectivity index (χ3v) is 4.87. The van der Waals surface area contributed by atoms with Crippen molar-refractivity contribution in [1.82, 2.24) is 15.3 Å². The molecule has 0 saturated carbocycles. The highest BCUT2D eigenvalue weighted by Gasteiger charge is 2.47. The molecule has 2 amide bonds. The Bertz CT molecular complexity index is 1060.